The molecule has 0 bridgehead atoms. The standard InChI is InChI=1S/C17H22N4O2S/c1-12-18-13-3-10-24-14(13)15(19-12)21-7-5-17(11-21)4-2-6-20(8-9-22)16(17)23/h3,10,22H,2,4-9,11H2,1H3. The van der Waals surface area contributed by atoms with E-state index < -0.39 is 0 Å². The number of carbonyl (C=O) groups is 1. The molecule has 2 aliphatic heterocycles. The summed E-state index contributed by atoms with van der Waals surface area (Å²) < 4.78 is 1.10. The topological polar surface area (TPSA) is 69.6 Å². The lowest BCUT2D eigenvalue weighted by molar-refractivity contribution is -0.145. The minimum atomic E-state index is -0.310. The molecule has 1 atom stereocenters. The van der Waals surface area contributed by atoms with Gasteiger partial charge in [-0.3, -0.25) is 4.79 Å². The Kier molecular flexibility index (Phi) is 3.92. The quantitative estimate of drug-likeness (QED) is 0.918. The maximum atomic E-state index is 13.0. The van der Waals surface area contributed by atoms with Crippen LogP contribution in [0.5, 0.6) is 0 Å². The fraction of sp³-hybridized carbons (Fsp3) is 0.588. The van der Waals surface area contributed by atoms with Crippen molar-refractivity contribution in [3.63, 3.8) is 0 Å². The molecule has 2 aliphatic rings. The van der Waals surface area contributed by atoms with Crippen LogP contribution in [-0.2, 0) is 4.79 Å². The van der Waals surface area contributed by atoms with Crippen molar-refractivity contribution in [2.75, 3.05) is 37.7 Å². The van der Waals surface area contributed by atoms with Gasteiger partial charge in [0.15, 0.2) is 0 Å². The number of aryl methyl sites for hydroxylation is 1. The third-order valence-electron chi connectivity index (χ3n) is 5.24. The van der Waals surface area contributed by atoms with Gasteiger partial charge >= 0.3 is 0 Å². The van der Waals surface area contributed by atoms with E-state index in [2.05, 4.69) is 14.9 Å². The summed E-state index contributed by atoms with van der Waals surface area (Å²) in [4.78, 5) is 26.2. The van der Waals surface area contributed by atoms with Gasteiger partial charge in [-0.25, -0.2) is 9.97 Å². The van der Waals surface area contributed by atoms with Crippen molar-refractivity contribution >= 4 is 33.3 Å². The molecule has 6 nitrogen and oxygen atoms in total. The van der Waals surface area contributed by atoms with Crippen molar-refractivity contribution in [1.29, 1.82) is 0 Å². The summed E-state index contributed by atoms with van der Waals surface area (Å²) >= 11 is 1.66. The van der Waals surface area contributed by atoms with E-state index in [0.717, 1.165) is 60.8 Å². The zero-order chi connectivity index (χ0) is 16.7. The van der Waals surface area contributed by atoms with E-state index in [1.165, 1.54) is 0 Å². The molecule has 0 aliphatic carbocycles. The number of nitrogens with zero attached hydrogens (tertiary/aromatic N) is 4. The molecule has 7 heteroatoms. The molecular formula is C17H22N4O2S. The Labute approximate surface area is 145 Å². The number of hydrogen-bond donors (Lipinski definition) is 1. The fourth-order valence-corrected chi connectivity index (χ4v) is 4.94. The Morgan fingerprint density at radius 2 is 2.21 bits per heavy atom. The van der Waals surface area contributed by atoms with Gasteiger partial charge in [0.05, 0.1) is 22.2 Å². The highest BCUT2D eigenvalue weighted by molar-refractivity contribution is 7.17. The molecule has 1 amide bonds. The van der Waals surface area contributed by atoms with Crippen molar-refractivity contribution in [1.82, 2.24) is 14.9 Å². The number of thiophene rings is 1. The first kappa shape index (κ1) is 15.8. The Bertz CT molecular complexity index is 775. The van der Waals surface area contributed by atoms with Crippen LogP contribution in [0.15, 0.2) is 11.4 Å². The minimum absolute atomic E-state index is 0.0342. The predicted molar refractivity (Wildman–Crippen MR) is 94.3 cm³/mol. The number of aliphatic hydroxyl groups is 1. The molecule has 24 heavy (non-hydrogen) atoms. The highest BCUT2D eigenvalue weighted by Gasteiger charge is 2.48. The summed E-state index contributed by atoms with van der Waals surface area (Å²) in [5.41, 5.74) is 0.677. The molecule has 2 saturated heterocycles. The number of piperidine rings is 1. The van der Waals surface area contributed by atoms with Crippen LogP contribution in [0.25, 0.3) is 10.2 Å². The number of likely N-dealkylation sites (tertiary alicyclic amines) is 1. The maximum absolute atomic E-state index is 13.0. The van der Waals surface area contributed by atoms with E-state index in [-0.39, 0.29) is 17.9 Å². The van der Waals surface area contributed by atoms with Gasteiger partial charge in [0.25, 0.3) is 0 Å². The highest BCUT2D eigenvalue weighted by Crippen LogP contribution is 2.42. The number of rotatable bonds is 3. The van der Waals surface area contributed by atoms with Gasteiger partial charge in [-0.05, 0) is 37.6 Å². The number of amides is 1. The molecule has 4 heterocycles. The van der Waals surface area contributed by atoms with E-state index in [1.807, 2.05) is 23.3 Å². The largest absolute Gasteiger partial charge is 0.395 e. The molecular weight excluding hydrogens is 324 g/mol. The number of anilines is 1. The predicted octanol–water partition coefficient (Wildman–Crippen LogP) is 1.81. The van der Waals surface area contributed by atoms with Gasteiger partial charge in [0.2, 0.25) is 5.91 Å². The van der Waals surface area contributed by atoms with Crippen LogP contribution >= 0.6 is 11.3 Å². The normalized spacial score (nSPS) is 24.5. The monoisotopic (exact) mass is 346 g/mol. The molecule has 0 aromatic carbocycles. The average Bonchev–Trinajstić information content (AvgIpc) is 3.19. The van der Waals surface area contributed by atoms with Crippen LogP contribution in [0.4, 0.5) is 5.82 Å². The molecule has 128 valence electrons. The van der Waals surface area contributed by atoms with Crippen LogP contribution in [-0.4, -0.2) is 58.7 Å². The third kappa shape index (κ3) is 2.46. The number of β-amino-alcohol motifs (C(OH)–C–C–N with tert-alkyl or cyclic N) is 1. The van der Waals surface area contributed by atoms with E-state index in [4.69, 9.17) is 0 Å². The first-order valence-electron chi connectivity index (χ1n) is 8.50. The molecule has 2 aromatic heterocycles. The Balaban J connectivity index is 1.64. The first-order chi connectivity index (χ1) is 11.6. The molecule has 4 rings (SSSR count). The molecule has 0 saturated carbocycles. The van der Waals surface area contributed by atoms with Crippen molar-refractivity contribution in [2.24, 2.45) is 5.41 Å². The number of aliphatic hydroxyl groups excluding tert-OH is 1. The average molecular weight is 346 g/mol. The van der Waals surface area contributed by atoms with Gasteiger partial charge in [-0.2, -0.15) is 0 Å². The van der Waals surface area contributed by atoms with E-state index >= 15 is 0 Å². The first-order valence-corrected chi connectivity index (χ1v) is 9.38. The fourth-order valence-electron chi connectivity index (χ4n) is 4.09. The summed E-state index contributed by atoms with van der Waals surface area (Å²) in [7, 11) is 0. The summed E-state index contributed by atoms with van der Waals surface area (Å²) in [5.74, 6) is 1.95. The van der Waals surface area contributed by atoms with Gasteiger partial charge in [0, 0.05) is 26.2 Å². The lowest BCUT2D eigenvalue weighted by atomic mass is 9.78. The third-order valence-corrected chi connectivity index (χ3v) is 6.14. The van der Waals surface area contributed by atoms with Crippen LogP contribution < -0.4 is 4.90 Å². The molecule has 2 aromatic rings. The highest BCUT2D eigenvalue weighted by atomic mass is 32.1. The Hall–Kier alpha value is -1.73. The van der Waals surface area contributed by atoms with Gasteiger partial charge in [0.1, 0.15) is 11.6 Å². The maximum Gasteiger partial charge on any atom is 0.230 e. The summed E-state index contributed by atoms with van der Waals surface area (Å²) in [6.45, 7) is 4.73. The molecule has 2 fully saturated rings. The molecule has 0 radical (unpaired) electrons. The lowest BCUT2D eigenvalue weighted by Crippen LogP contribution is -2.50. The molecule has 1 unspecified atom stereocenters. The van der Waals surface area contributed by atoms with Gasteiger partial charge < -0.3 is 14.9 Å². The minimum Gasteiger partial charge on any atom is -0.395 e. The number of aromatic nitrogens is 2. The lowest BCUT2D eigenvalue weighted by Gasteiger charge is -2.39. The van der Waals surface area contributed by atoms with Crippen LogP contribution in [0.1, 0.15) is 25.1 Å². The second-order valence-corrected chi connectivity index (χ2v) is 7.72. The van der Waals surface area contributed by atoms with Crippen molar-refractivity contribution < 1.29 is 9.90 Å². The smallest absolute Gasteiger partial charge is 0.230 e. The van der Waals surface area contributed by atoms with Gasteiger partial charge in [-0.15, -0.1) is 11.3 Å². The van der Waals surface area contributed by atoms with Crippen molar-refractivity contribution in [2.45, 2.75) is 26.2 Å². The zero-order valence-electron chi connectivity index (χ0n) is 13.9. The zero-order valence-corrected chi connectivity index (χ0v) is 14.7. The van der Waals surface area contributed by atoms with Crippen molar-refractivity contribution in [3.05, 3.63) is 17.3 Å². The summed E-state index contributed by atoms with van der Waals surface area (Å²) in [5, 5.41) is 11.2. The van der Waals surface area contributed by atoms with E-state index in [0.29, 0.717) is 6.54 Å². The number of hydrogen-bond acceptors (Lipinski definition) is 6. The van der Waals surface area contributed by atoms with E-state index in [9.17, 15) is 9.90 Å². The second-order valence-electron chi connectivity index (χ2n) is 6.80. The van der Waals surface area contributed by atoms with E-state index in [1.54, 1.807) is 11.3 Å². The second kappa shape index (κ2) is 5.97. The van der Waals surface area contributed by atoms with Crippen LogP contribution in [0, 0.1) is 12.3 Å². The Morgan fingerprint density at radius 1 is 1.33 bits per heavy atom. The Morgan fingerprint density at radius 3 is 3.04 bits per heavy atom. The number of carbonyl (C=O) groups excluding carboxylic acids is 1. The van der Waals surface area contributed by atoms with Crippen molar-refractivity contribution in [3.8, 4) is 0 Å². The summed E-state index contributed by atoms with van der Waals surface area (Å²) in [6.07, 6.45) is 2.81. The van der Waals surface area contributed by atoms with Crippen LogP contribution in [0.2, 0.25) is 0 Å². The molecule has 1 N–H and O–H groups in total. The van der Waals surface area contributed by atoms with Crippen LogP contribution in [0.3, 0.4) is 0 Å². The number of fused-ring (bicyclic) bond motifs is 1. The SMILES string of the molecule is Cc1nc(N2CCC3(CCCN(CCO)C3=O)C2)c2sccc2n1. The summed E-state index contributed by atoms with van der Waals surface area (Å²) in [6, 6.07) is 2.03. The van der Waals surface area contributed by atoms with Gasteiger partial charge in [-0.1, -0.05) is 0 Å². The molecule has 1 spiro atoms.